The molecule has 0 saturated carbocycles. The van der Waals surface area contributed by atoms with Crippen LogP contribution in [0.4, 0.5) is 34.8 Å². The molecule has 12 heteroatoms. The van der Waals surface area contributed by atoms with Crippen LogP contribution in [0.5, 0.6) is 0 Å². The number of benzene rings is 2. The van der Waals surface area contributed by atoms with Crippen LogP contribution >= 0.6 is 11.6 Å². The van der Waals surface area contributed by atoms with Gasteiger partial charge in [0.15, 0.2) is 5.82 Å². The molecule has 0 unspecified atom stereocenters. The number of carbonyl (C=O) groups excluding carboxylic acids is 2. The average Bonchev–Trinajstić information content (AvgIpc) is 2.79. The molecule has 0 aliphatic rings. The van der Waals surface area contributed by atoms with Crippen molar-refractivity contribution in [3.63, 3.8) is 0 Å². The Morgan fingerprint density at radius 1 is 1.03 bits per heavy atom. The van der Waals surface area contributed by atoms with Crippen molar-refractivity contribution in [2.24, 2.45) is 0 Å². The van der Waals surface area contributed by atoms with E-state index in [0.29, 0.717) is 23.4 Å². The maximum Gasteiger partial charge on any atom is 0.416 e. The van der Waals surface area contributed by atoms with Crippen LogP contribution in [0.25, 0.3) is 0 Å². The molecule has 0 aliphatic carbocycles. The van der Waals surface area contributed by atoms with E-state index in [-0.39, 0.29) is 34.8 Å². The maximum atomic E-state index is 13.8. The van der Waals surface area contributed by atoms with Crippen LogP contribution in [0.15, 0.2) is 48.7 Å². The van der Waals surface area contributed by atoms with Crippen LogP contribution in [-0.4, -0.2) is 29.0 Å². The van der Waals surface area contributed by atoms with Gasteiger partial charge in [-0.3, -0.25) is 9.59 Å². The van der Waals surface area contributed by atoms with Crippen LogP contribution in [0.2, 0.25) is 5.02 Å². The van der Waals surface area contributed by atoms with E-state index in [1.807, 2.05) is 0 Å². The van der Waals surface area contributed by atoms with E-state index in [1.165, 1.54) is 31.4 Å². The number of amides is 2. The number of pyridine rings is 1. The molecule has 0 atom stereocenters. The lowest BCUT2D eigenvalue weighted by atomic mass is 10.1. The first-order valence-corrected chi connectivity index (χ1v) is 9.97. The second-order valence-corrected chi connectivity index (χ2v) is 7.38. The summed E-state index contributed by atoms with van der Waals surface area (Å²) in [5.41, 5.74) is -1.17. The Labute approximate surface area is 195 Å². The van der Waals surface area contributed by atoms with Gasteiger partial charge in [0.1, 0.15) is 5.82 Å². The van der Waals surface area contributed by atoms with Crippen molar-refractivity contribution in [2.75, 3.05) is 17.7 Å². The number of carbonyl (C=O) groups is 2. The van der Waals surface area contributed by atoms with Gasteiger partial charge in [-0.05, 0) is 42.0 Å². The molecule has 0 bridgehead atoms. The number of alkyl halides is 3. The molecule has 34 heavy (non-hydrogen) atoms. The fraction of sp³-hybridized carbons (Fsp3) is 0.136. The number of nitrogens with zero attached hydrogens (tertiary/aromatic N) is 1. The summed E-state index contributed by atoms with van der Waals surface area (Å²) in [5, 5.41) is 17.2. The first-order valence-electron chi connectivity index (χ1n) is 9.59. The van der Waals surface area contributed by atoms with Crippen molar-refractivity contribution >= 4 is 40.6 Å². The zero-order valence-electron chi connectivity index (χ0n) is 17.4. The van der Waals surface area contributed by atoms with Crippen LogP contribution in [-0.2, 0) is 12.8 Å². The summed E-state index contributed by atoms with van der Waals surface area (Å²) >= 11 is 6.17. The number of nitrogens with one attached hydrogen (secondary N) is 3. The van der Waals surface area contributed by atoms with Gasteiger partial charge in [0.05, 0.1) is 34.1 Å². The predicted octanol–water partition coefficient (Wildman–Crippen LogP) is 4.74. The number of anilines is 3. The highest BCUT2D eigenvalue weighted by atomic mass is 35.5. The second kappa shape index (κ2) is 10.1. The molecule has 0 aliphatic heterocycles. The van der Waals surface area contributed by atoms with E-state index in [9.17, 15) is 32.3 Å². The summed E-state index contributed by atoms with van der Waals surface area (Å²) in [6.07, 6.45) is -3.66. The Morgan fingerprint density at radius 2 is 1.76 bits per heavy atom. The summed E-state index contributed by atoms with van der Waals surface area (Å²) in [6, 6.07) is 7.27. The number of halogens is 5. The van der Waals surface area contributed by atoms with Crippen LogP contribution in [0.1, 0.15) is 31.8 Å². The third kappa shape index (κ3) is 5.80. The minimum Gasteiger partial charge on any atom is -0.392 e. The summed E-state index contributed by atoms with van der Waals surface area (Å²) in [6.45, 7) is -0.278. The largest absolute Gasteiger partial charge is 0.416 e. The first kappa shape index (κ1) is 24.9. The van der Waals surface area contributed by atoms with E-state index >= 15 is 0 Å². The summed E-state index contributed by atoms with van der Waals surface area (Å²) in [7, 11) is 1.37. The number of aromatic nitrogens is 1. The molecule has 2 amide bonds. The lowest BCUT2D eigenvalue weighted by Crippen LogP contribution is -2.20. The lowest BCUT2D eigenvalue weighted by molar-refractivity contribution is -0.137. The van der Waals surface area contributed by atoms with Crippen molar-refractivity contribution < 1.29 is 32.3 Å². The minimum absolute atomic E-state index is 0.00885. The smallest absolute Gasteiger partial charge is 0.392 e. The molecule has 2 aromatic carbocycles. The summed E-state index contributed by atoms with van der Waals surface area (Å²) in [5.74, 6) is -2.87. The van der Waals surface area contributed by atoms with Gasteiger partial charge in [0, 0.05) is 18.8 Å². The lowest BCUT2D eigenvalue weighted by Gasteiger charge is -2.15. The number of hydrogen-bond acceptors (Lipinski definition) is 5. The van der Waals surface area contributed by atoms with Gasteiger partial charge in [0.25, 0.3) is 11.8 Å². The third-order valence-corrected chi connectivity index (χ3v) is 4.91. The number of rotatable bonds is 6. The Balaban J connectivity index is 2.01. The highest BCUT2D eigenvalue weighted by molar-refractivity contribution is 6.33. The molecule has 0 spiro atoms. The predicted molar refractivity (Wildman–Crippen MR) is 118 cm³/mol. The fourth-order valence-corrected chi connectivity index (χ4v) is 3.07. The van der Waals surface area contributed by atoms with Gasteiger partial charge in [-0.25, -0.2) is 9.37 Å². The van der Waals surface area contributed by atoms with E-state index < -0.39 is 34.9 Å². The number of aliphatic hydroxyl groups excluding tert-OH is 1. The molecule has 7 nitrogen and oxygen atoms in total. The molecular weight excluding hydrogens is 480 g/mol. The highest BCUT2D eigenvalue weighted by Crippen LogP contribution is 2.32. The van der Waals surface area contributed by atoms with Crippen molar-refractivity contribution in [2.45, 2.75) is 12.8 Å². The zero-order valence-corrected chi connectivity index (χ0v) is 18.2. The van der Waals surface area contributed by atoms with E-state index in [1.54, 1.807) is 6.07 Å². The Morgan fingerprint density at radius 3 is 2.41 bits per heavy atom. The molecule has 3 rings (SSSR count). The highest BCUT2D eigenvalue weighted by Gasteiger charge is 2.32. The minimum atomic E-state index is -4.86. The van der Waals surface area contributed by atoms with Gasteiger partial charge in [-0.15, -0.1) is 0 Å². The molecule has 1 aromatic heterocycles. The molecule has 0 saturated heterocycles. The fourth-order valence-electron chi connectivity index (χ4n) is 2.90. The van der Waals surface area contributed by atoms with E-state index in [4.69, 9.17) is 11.6 Å². The van der Waals surface area contributed by atoms with Crippen molar-refractivity contribution in [1.29, 1.82) is 0 Å². The summed E-state index contributed by atoms with van der Waals surface area (Å²) in [4.78, 5) is 28.8. The standard InChI is InChI=1S/C22H17ClF4N4O3/c1-28-20(33)13-7-18(19(29-9-13)30-17-4-11(10-32)2-3-16(17)23)31-21(34)12-5-14(22(25,26)27)8-15(24)6-12/h2-9,32H,10H2,1H3,(H,28,33)(H,29,30)(H,31,34). The zero-order chi connectivity index (χ0) is 25.0. The average molecular weight is 497 g/mol. The van der Waals surface area contributed by atoms with Gasteiger partial charge in [0.2, 0.25) is 0 Å². The van der Waals surface area contributed by atoms with E-state index in [2.05, 4.69) is 20.9 Å². The topological polar surface area (TPSA) is 103 Å². The quantitative estimate of drug-likeness (QED) is 0.369. The van der Waals surface area contributed by atoms with Gasteiger partial charge in [-0.2, -0.15) is 13.2 Å². The molecule has 0 fully saturated rings. The van der Waals surface area contributed by atoms with Gasteiger partial charge >= 0.3 is 6.18 Å². The maximum absolute atomic E-state index is 13.8. The molecule has 0 radical (unpaired) electrons. The Bertz CT molecular complexity index is 1250. The molecular formula is C22H17ClF4N4O3. The van der Waals surface area contributed by atoms with Crippen LogP contribution in [0.3, 0.4) is 0 Å². The SMILES string of the molecule is CNC(=O)c1cnc(Nc2cc(CO)ccc2Cl)c(NC(=O)c2cc(F)cc(C(F)(F)F)c2)c1. The van der Waals surface area contributed by atoms with Crippen molar-refractivity contribution in [1.82, 2.24) is 10.3 Å². The van der Waals surface area contributed by atoms with Crippen LogP contribution in [0, 0.1) is 5.82 Å². The van der Waals surface area contributed by atoms with Gasteiger partial charge in [-0.1, -0.05) is 17.7 Å². The van der Waals surface area contributed by atoms with Crippen molar-refractivity contribution in [3.05, 3.63) is 81.8 Å². The number of hydrogen-bond donors (Lipinski definition) is 4. The monoisotopic (exact) mass is 496 g/mol. The molecule has 178 valence electrons. The molecule has 3 aromatic rings. The third-order valence-electron chi connectivity index (χ3n) is 4.58. The van der Waals surface area contributed by atoms with Crippen LogP contribution < -0.4 is 16.0 Å². The van der Waals surface area contributed by atoms with Crippen molar-refractivity contribution in [3.8, 4) is 0 Å². The first-order chi connectivity index (χ1) is 16.0. The number of aliphatic hydroxyl groups is 1. The van der Waals surface area contributed by atoms with E-state index in [0.717, 1.165) is 0 Å². The summed E-state index contributed by atoms with van der Waals surface area (Å²) < 4.78 is 52.9. The Hall–Kier alpha value is -3.70. The normalized spacial score (nSPS) is 11.1. The molecule has 4 N–H and O–H groups in total. The van der Waals surface area contributed by atoms with Gasteiger partial charge < -0.3 is 21.1 Å². The Kier molecular flexibility index (Phi) is 7.38. The molecule has 1 heterocycles. The second-order valence-electron chi connectivity index (χ2n) is 6.98.